The third kappa shape index (κ3) is 2.74. The maximum absolute atomic E-state index is 11.9. The number of hydrogen-bond donors (Lipinski definition) is 0. The molecule has 1 atom stereocenters. The summed E-state index contributed by atoms with van der Waals surface area (Å²) in [7, 11) is 0. The zero-order chi connectivity index (χ0) is 14.2. The molecule has 1 aromatic heterocycles. The molecule has 0 spiro atoms. The lowest BCUT2D eigenvalue weighted by atomic mass is 10.1. The van der Waals surface area contributed by atoms with E-state index in [0.29, 0.717) is 38.1 Å². The summed E-state index contributed by atoms with van der Waals surface area (Å²) >= 11 is 0. The standard InChI is InChI=1S/C14H20N4O3/c19-14(21-9-10-3-4-20-8-10)17-5-12(6-17)18-7-13(15-16-18)11-1-2-11/h7,10-12H,1-6,8-9H2. The average Bonchev–Trinajstić information content (AvgIpc) is 2.97. The van der Waals surface area contributed by atoms with Crippen molar-refractivity contribution >= 4 is 6.09 Å². The first-order valence-electron chi connectivity index (χ1n) is 7.71. The van der Waals surface area contributed by atoms with Gasteiger partial charge in [0.2, 0.25) is 0 Å². The van der Waals surface area contributed by atoms with Crippen molar-refractivity contribution < 1.29 is 14.3 Å². The minimum atomic E-state index is -0.222. The van der Waals surface area contributed by atoms with E-state index in [1.165, 1.54) is 12.8 Å². The van der Waals surface area contributed by atoms with E-state index in [0.717, 1.165) is 18.7 Å². The summed E-state index contributed by atoms with van der Waals surface area (Å²) in [5.74, 6) is 0.982. The van der Waals surface area contributed by atoms with E-state index in [4.69, 9.17) is 9.47 Å². The van der Waals surface area contributed by atoms with E-state index in [1.54, 1.807) is 4.90 Å². The predicted octanol–water partition coefficient (Wildman–Crippen LogP) is 1.19. The van der Waals surface area contributed by atoms with Crippen LogP contribution in [0.3, 0.4) is 0 Å². The third-order valence-corrected chi connectivity index (χ3v) is 4.48. The first-order chi connectivity index (χ1) is 10.3. The summed E-state index contributed by atoms with van der Waals surface area (Å²) in [6.07, 6.45) is 5.25. The number of ether oxygens (including phenoxy) is 2. The first kappa shape index (κ1) is 13.1. The van der Waals surface area contributed by atoms with Gasteiger partial charge in [-0.3, -0.25) is 0 Å². The van der Waals surface area contributed by atoms with Crippen molar-refractivity contribution in [2.75, 3.05) is 32.9 Å². The molecule has 1 aliphatic carbocycles. The molecule has 114 valence electrons. The molecule has 0 N–H and O–H groups in total. The third-order valence-electron chi connectivity index (χ3n) is 4.48. The number of hydrogen-bond acceptors (Lipinski definition) is 5. The van der Waals surface area contributed by atoms with Crippen LogP contribution in [0.1, 0.15) is 36.9 Å². The molecule has 2 saturated heterocycles. The largest absolute Gasteiger partial charge is 0.449 e. The van der Waals surface area contributed by atoms with Gasteiger partial charge in [-0.05, 0) is 19.3 Å². The zero-order valence-electron chi connectivity index (χ0n) is 12.0. The number of amides is 1. The lowest BCUT2D eigenvalue weighted by Gasteiger charge is -2.37. The van der Waals surface area contributed by atoms with E-state index in [-0.39, 0.29) is 12.1 Å². The van der Waals surface area contributed by atoms with Crippen molar-refractivity contribution in [2.45, 2.75) is 31.2 Å². The Balaban J connectivity index is 1.23. The number of rotatable bonds is 4. The van der Waals surface area contributed by atoms with Crippen LogP contribution in [0.15, 0.2) is 6.20 Å². The van der Waals surface area contributed by atoms with Gasteiger partial charge >= 0.3 is 6.09 Å². The lowest BCUT2D eigenvalue weighted by molar-refractivity contribution is 0.0432. The van der Waals surface area contributed by atoms with Gasteiger partial charge in [0, 0.05) is 37.7 Å². The Morgan fingerprint density at radius 1 is 1.38 bits per heavy atom. The van der Waals surface area contributed by atoms with Gasteiger partial charge < -0.3 is 14.4 Å². The maximum Gasteiger partial charge on any atom is 0.409 e. The number of likely N-dealkylation sites (tertiary alicyclic amines) is 1. The van der Waals surface area contributed by atoms with Crippen LogP contribution < -0.4 is 0 Å². The number of nitrogens with zero attached hydrogens (tertiary/aromatic N) is 4. The SMILES string of the molecule is O=C(OCC1CCOC1)N1CC(n2cc(C3CC3)nn2)C1. The molecule has 1 aromatic rings. The molecule has 1 saturated carbocycles. The molecule has 4 rings (SSSR count). The summed E-state index contributed by atoms with van der Waals surface area (Å²) in [6.45, 7) is 3.28. The maximum atomic E-state index is 11.9. The minimum Gasteiger partial charge on any atom is -0.449 e. The highest BCUT2D eigenvalue weighted by molar-refractivity contribution is 5.68. The van der Waals surface area contributed by atoms with Crippen LogP contribution in [0.25, 0.3) is 0 Å². The molecule has 3 aliphatic rings. The predicted molar refractivity (Wildman–Crippen MR) is 72.9 cm³/mol. The number of carbonyl (C=O) groups excluding carboxylic acids is 1. The Hall–Kier alpha value is -1.63. The summed E-state index contributed by atoms with van der Waals surface area (Å²) in [4.78, 5) is 13.6. The van der Waals surface area contributed by atoms with Crippen molar-refractivity contribution in [3.63, 3.8) is 0 Å². The van der Waals surface area contributed by atoms with Gasteiger partial charge in [0.05, 0.1) is 24.9 Å². The Bertz CT molecular complexity index is 516. The van der Waals surface area contributed by atoms with Crippen LogP contribution in [0.5, 0.6) is 0 Å². The van der Waals surface area contributed by atoms with Gasteiger partial charge in [-0.25, -0.2) is 9.48 Å². The van der Waals surface area contributed by atoms with Crippen molar-refractivity contribution in [3.8, 4) is 0 Å². The smallest absolute Gasteiger partial charge is 0.409 e. The second-order valence-corrected chi connectivity index (χ2v) is 6.26. The van der Waals surface area contributed by atoms with Crippen molar-refractivity contribution in [1.29, 1.82) is 0 Å². The molecule has 1 unspecified atom stereocenters. The highest BCUT2D eigenvalue weighted by Gasteiger charge is 2.35. The molecular formula is C14H20N4O3. The number of carbonyl (C=O) groups is 1. The second-order valence-electron chi connectivity index (χ2n) is 6.26. The molecule has 1 amide bonds. The minimum absolute atomic E-state index is 0.222. The molecule has 0 aromatic carbocycles. The molecule has 0 radical (unpaired) electrons. The normalized spacial score (nSPS) is 25.9. The van der Waals surface area contributed by atoms with Gasteiger partial charge in [0.25, 0.3) is 0 Å². The molecule has 7 heteroatoms. The Labute approximate surface area is 123 Å². The fourth-order valence-electron chi connectivity index (χ4n) is 2.80. The zero-order valence-corrected chi connectivity index (χ0v) is 12.0. The molecule has 21 heavy (non-hydrogen) atoms. The van der Waals surface area contributed by atoms with Gasteiger partial charge in [0.15, 0.2) is 0 Å². The van der Waals surface area contributed by atoms with Crippen LogP contribution >= 0.6 is 0 Å². The monoisotopic (exact) mass is 292 g/mol. The molecule has 2 aliphatic heterocycles. The fourth-order valence-corrected chi connectivity index (χ4v) is 2.80. The average molecular weight is 292 g/mol. The van der Waals surface area contributed by atoms with Gasteiger partial charge in [0.1, 0.15) is 0 Å². The van der Waals surface area contributed by atoms with Crippen LogP contribution in [-0.2, 0) is 9.47 Å². The van der Waals surface area contributed by atoms with Crippen LogP contribution in [0, 0.1) is 5.92 Å². The van der Waals surface area contributed by atoms with Crippen LogP contribution in [-0.4, -0.2) is 58.9 Å². The Morgan fingerprint density at radius 2 is 2.24 bits per heavy atom. The summed E-state index contributed by atoms with van der Waals surface area (Å²) in [6, 6.07) is 0.243. The van der Waals surface area contributed by atoms with Gasteiger partial charge in [-0.2, -0.15) is 0 Å². The van der Waals surface area contributed by atoms with E-state index in [1.807, 2.05) is 10.9 Å². The topological polar surface area (TPSA) is 69.5 Å². The quantitative estimate of drug-likeness (QED) is 0.833. The van der Waals surface area contributed by atoms with Crippen molar-refractivity contribution in [2.24, 2.45) is 5.92 Å². The van der Waals surface area contributed by atoms with Gasteiger partial charge in [-0.1, -0.05) is 5.21 Å². The van der Waals surface area contributed by atoms with E-state index in [9.17, 15) is 4.79 Å². The highest BCUT2D eigenvalue weighted by atomic mass is 16.6. The van der Waals surface area contributed by atoms with Crippen LogP contribution in [0.4, 0.5) is 4.79 Å². The summed E-state index contributed by atoms with van der Waals surface area (Å²) in [5, 5.41) is 8.38. The molecule has 3 fully saturated rings. The summed E-state index contributed by atoms with van der Waals surface area (Å²) in [5.41, 5.74) is 1.09. The molecule has 3 heterocycles. The second kappa shape index (κ2) is 5.29. The Morgan fingerprint density at radius 3 is 2.95 bits per heavy atom. The lowest BCUT2D eigenvalue weighted by Crippen LogP contribution is -2.51. The van der Waals surface area contributed by atoms with E-state index < -0.39 is 0 Å². The molecular weight excluding hydrogens is 272 g/mol. The Kier molecular flexibility index (Phi) is 3.29. The van der Waals surface area contributed by atoms with Crippen molar-refractivity contribution in [1.82, 2.24) is 19.9 Å². The molecule has 0 bridgehead atoms. The van der Waals surface area contributed by atoms with E-state index >= 15 is 0 Å². The first-order valence-corrected chi connectivity index (χ1v) is 7.71. The molecule has 7 nitrogen and oxygen atoms in total. The fraction of sp³-hybridized carbons (Fsp3) is 0.786. The summed E-state index contributed by atoms with van der Waals surface area (Å²) < 4.78 is 12.5. The van der Waals surface area contributed by atoms with Crippen LogP contribution in [0.2, 0.25) is 0 Å². The highest BCUT2D eigenvalue weighted by Crippen LogP contribution is 2.39. The number of aromatic nitrogens is 3. The van der Waals surface area contributed by atoms with Gasteiger partial charge in [-0.15, -0.1) is 5.10 Å². The van der Waals surface area contributed by atoms with Crippen molar-refractivity contribution in [3.05, 3.63) is 11.9 Å². The van der Waals surface area contributed by atoms with E-state index in [2.05, 4.69) is 10.3 Å².